The van der Waals surface area contributed by atoms with Gasteiger partial charge in [-0.25, -0.2) is 0 Å². The number of hydrogen-bond donors (Lipinski definition) is 2. The highest BCUT2D eigenvalue weighted by Gasteiger charge is 2.51. The highest BCUT2D eigenvalue weighted by molar-refractivity contribution is 7.71. The number of benzene rings is 4. The molecule has 4 aromatic carbocycles. The Labute approximate surface area is 517 Å². The molecule has 0 fully saturated rings. The van der Waals surface area contributed by atoms with Gasteiger partial charge < -0.3 is 40.5 Å². The normalized spacial score (nSPS) is 21.3. The van der Waals surface area contributed by atoms with E-state index in [4.69, 9.17) is 20.6 Å². The Kier molecular flexibility index (Phi) is 19.9. The Bertz CT molecular complexity index is 3370. The van der Waals surface area contributed by atoms with E-state index in [0.29, 0.717) is 33.7 Å². The molecule has 0 bridgehead atoms. The van der Waals surface area contributed by atoms with Crippen LogP contribution in [-0.2, 0) is 49.2 Å². The third kappa shape index (κ3) is 12.6. The molecule has 86 heavy (non-hydrogen) atoms. The minimum absolute atomic E-state index is 0.119. The van der Waals surface area contributed by atoms with Crippen LogP contribution in [-0.4, -0.2) is 86.4 Å². The summed E-state index contributed by atoms with van der Waals surface area (Å²) in [5.74, 6) is 0. The average Bonchev–Trinajstić information content (AvgIpc) is 1.48. The Balaban J connectivity index is 0.000000179. The molecular weight excluding hydrogens is 1110 g/mol. The third-order valence-corrected chi connectivity index (χ3v) is 20.2. The van der Waals surface area contributed by atoms with Crippen LogP contribution in [0.3, 0.4) is 0 Å². The lowest BCUT2D eigenvalue weighted by Gasteiger charge is -2.36. The summed E-state index contributed by atoms with van der Waals surface area (Å²) in [6.07, 6.45) is 22.8. The van der Waals surface area contributed by atoms with Gasteiger partial charge in [-0.15, -0.1) is 0 Å². The van der Waals surface area contributed by atoms with Gasteiger partial charge in [-0.05, 0) is 196 Å². The smallest absolute Gasteiger partial charge is 0.352 e. The summed E-state index contributed by atoms with van der Waals surface area (Å²) in [5, 5.41) is 25.6. The summed E-state index contributed by atoms with van der Waals surface area (Å²) in [5.41, 5.74) is 30.6. The summed E-state index contributed by atoms with van der Waals surface area (Å²) in [4.78, 5) is 34.4. The molecule has 0 saturated carbocycles. The van der Waals surface area contributed by atoms with E-state index < -0.39 is 33.3 Å². The second kappa shape index (κ2) is 28.0. The van der Waals surface area contributed by atoms with Gasteiger partial charge in [0.15, 0.2) is 0 Å². The van der Waals surface area contributed by atoms with E-state index in [1.165, 1.54) is 98.5 Å². The predicted octanol–water partition coefficient (Wildman–Crippen LogP) is 14.5. The number of nitrogens with zero attached hydrogens (tertiary/aromatic N) is 10. The molecule has 6 heterocycles. The molecule has 4 N–H and O–H groups in total. The number of fused-ring (bicyclic) bond motifs is 6. The van der Waals surface area contributed by atoms with Crippen molar-refractivity contribution in [2.75, 3.05) is 72.0 Å². The molecule has 0 saturated heterocycles. The molecule has 0 radical (unpaired) electrons. The summed E-state index contributed by atoms with van der Waals surface area (Å²) in [6.45, 7) is 17.4. The Morgan fingerprint density at radius 2 is 0.756 bits per heavy atom. The van der Waals surface area contributed by atoms with E-state index in [0.717, 1.165) is 173 Å². The summed E-state index contributed by atoms with van der Waals surface area (Å²) < 4.78 is 19.1. The van der Waals surface area contributed by atoms with Gasteiger partial charge >= 0.3 is 11.4 Å². The summed E-state index contributed by atoms with van der Waals surface area (Å²) in [6, 6.07) is 24.0. The second-order valence-electron chi connectivity index (χ2n) is 24.6. The minimum Gasteiger partial charge on any atom is -0.397 e. The molecule has 6 aliphatic heterocycles. The molecule has 8 aliphatic rings. The molecule has 0 aromatic heterocycles. The summed E-state index contributed by atoms with van der Waals surface area (Å²) in [7, 11) is 0. The van der Waals surface area contributed by atoms with Crippen LogP contribution in [0.15, 0.2) is 104 Å². The van der Waals surface area contributed by atoms with Gasteiger partial charge in [-0.2, -0.15) is 0 Å². The third-order valence-electron chi connectivity index (χ3n) is 18.9. The van der Waals surface area contributed by atoms with Gasteiger partial charge in [0, 0.05) is 86.3 Å². The van der Waals surface area contributed by atoms with Crippen molar-refractivity contribution in [1.82, 2.24) is 0 Å². The van der Waals surface area contributed by atoms with E-state index in [1.54, 1.807) is 0 Å². The van der Waals surface area contributed by atoms with Gasteiger partial charge in [0.2, 0.25) is 23.5 Å². The fourth-order valence-corrected chi connectivity index (χ4v) is 16.0. The lowest BCUT2D eigenvalue weighted by molar-refractivity contribution is -0.478. The first-order valence-corrected chi connectivity index (χ1v) is 33.9. The monoisotopic (exact) mass is 1200 g/mol. The van der Waals surface area contributed by atoms with Crippen LogP contribution in [0.1, 0.15) is 175 Å². The van der Waals surface area contributed by atoms with Crippen molar-refractivity contribution in [3.05, 3.63) is 170 Å². The van der Waals surface area contributed by atoms with E-state index in [-0.39, 0.29) is 12.1 Å². The number of hydrogen-bond acceptors (Lipinski definition) is 12. The maximum Gasteiger partial charge on any atom is 0.352 e. The van der Waals surface area contributed by atoms with E-state index >= 15 is 0 Å². The van der Waals surface area contributed by atoms with Crippen molar-refractivity contribution < 1.29 is 9.85 Å². The molecule has 4 atom stereocenters. The highest BCUT2D eigenvalue weighted by Crippen LogP contribution is 2.50. The standard InChI is InChI=1S/C34H42N6O4S.C34H46N6S/c1-3-5-7-17-37-19-9-11-23-21-25(13-15-27(23)37)29-31-32(36-45-35-31)30(34(40(43)44)33(29)39(41)42)26-14-16-28-24(22-26)12-10-20-38(28)18-8-6-4-2;1-3-5-7-17-39-19-9-11-23-21-25(13-15-27(23)39)29-31(35)32(36)30(34-33(29)37-41-38-34)26-14-16-28-24(22-26)12-10-20-40(28)18-8-6-4-2/h13-16,21-22,31-32H,3-12,17-20H2,1-2H3;13-16,21-22,33-34H,3-12,17-20,35-36H2,1-2H3. The first kappa shape index (κ1) is 61.1. The van der Waals surface area contributed by atoms with Crippen LogP contribution in [0.25, 0.3) is 31.7 Å². The van der Waals surface area contributed by atoms with Crippen LogP contribution < -0.4 is 31.1 Å². The number of anilines is 4. The van der Waals surface area contributed by atoms with Crippen molar-refractivity contribution in [2.45, 2.75) is 180 Å². The van der Waals surface area contributed by atoms with E-state index in [9.17, 15) is 20.2 Å². The van der Waals surface area contributed by atoms with E-state index in [1.807, 2.05) is 36.4 Å². The Hall–Kier alpha value is -6.60. The molecule has 12 rings (SSSR count). The van der Waals surface area contributed by atoms with Crippen molar-refractivity contribution in [2.24, 2.45) is 20.2 Å². The number of aryl methyl sites for hydroxylation is 4. The topological polar surface area (TPSA) is 204 Å². The zero-order chi connectivity index (χ0) is 59.8. The molecule has 0 spiro atoms. The number of unbranched alkanes of at least 4 members (excludes halogenated alkanes) is 8. The van der Waals surface area contributed by atoms with Crippen molar-refractivity contribution in [1.29, 1.82) is 0 Å². The first-order valence-electron chi connectivity index (χ1n) is 32.5. The van der Waals surface area contributed by atoms with Gasteiger partial charge in [0.25, 0.3) is 0 Å². The fraction of sp³-hybridized carbons (Fsp3) is 0.529. The first-order chi connectivity index (χ1) is 42.0. The summed E-state index contributed by atoms with van der Waals surface area (Å²) >= 11 is 2.32. The SMILES string of the molecule is CCCCCN1CCCc2cc(C3=C(N)C(N)=C(c4ccc5c(c4)CCCN5CCCCC)C4[N-][S+]=NC34)ccc21.CCCCCN1CCCc2cc(C3=C([N+](=O)[O-])C([N+](=O)[O-])=C(c4ccc5c(c4)CCCN5CCCCC)C4[N-][S+]=NC34)ccc21. The van der Waals surface area contributed by atoms with Gasteiger partial charge in [-0.3, -0.25) is 20.2 Å². The quantitative estimate of drug-likeness (QED) is 0.0250. The molecular formula is C68H88N12O4S2. The number of nitro groups is 2. The van der Waals surface area contributed by atoms with Crippen LogP contribution in [0.5, 0.6) is 0 Å². The maximum absolute atomic E-state index is 12.8. The molecule has 18 heteroatoms. The Morgan fingerprint density at radius 1 is 0.453 bits per heavy atom. The average molecular weight is 1200 g/mol. The number of rotatable bonds is 22. The van der Waals surface area contributed by atoms with Crippen molar-refractivity contribution >= 4 is 68.5 Å². The number of nitrogens with two attached hydrogens (primary N) is 2. The lowest BCUT2D eigenvalue weighted by atomic mass is 9.78. The highest BCUT2D eigenvalue weighted by atomic mass is 32.2. The minimum atomic E-state index is -0.682. The van der Waals surface area contributed by atoms with Crippen molar-refractivity contribution in [3.8, 4) is 0 Å². The zero-order valence-electron chi connectivity index (χ0n) is 51.1. The van der Waals surface area contributed by atoms with Crippen LogP contribution >= 0.6 is 0 Å². The lowest BCUT2D eigenvalue weighted by Crippen LogP contribution is -2.34. The van der Waals surface area contributed by atoms with E-state index in [2.05, 4.69) is 92.8 Å². The fourth-order valence-electron chi connectivity index (χ4n) is 14.6. The van der Waals surface area contributed by atoms with Crippen molar-refractivity contribution in [3.63, 3.8) is 0 Å². The molecule has 2 aliphatic carbocycles. The van der Waals surface area contributed by atoms with Gasteiger partial charge in [0.1, 0.15) is 12.1 Å². The molecule has 0 amide bonds. The van der Waals surface area contributed by atoms with Crippen LogP contribution in [0, 0.1) is 20.2 Å². The molecule has 456 valence electrons. The predicted molar refractivity (Wildman–Crippen MR) is 358 cm³/mol. The van der Waals surface area contributed by atoms with Crippen LogP contribution in [0.2, 0.25) is 0 Å². The maximum atomic E-state index is 12.8. The second-order valence-corrected chi connectivity index (χ2v) is 25.8. The van der Waals surface area contributed by atoms with Crippen LogP contribution in [0.4, 0.5) is 22.7 Å². The Morgan fingerprint density at radius 3 is 1.12 bits per heavy atom. The zero-order valence-corrected chi connectivity index (χ0v) is 52.7. The van der Waals surface area contributed by atoms with Gasteiger partial charge in [0.05, 0.1) is 26.8 Å². The molecule has 4 unspecified atom stereocenters. The molecule has 16 nitrogen and oxygen atoms in total. The molecule has 4 aromatic rings. The van der Waals surface area contributed by atoms with Gasteiger partial charge in [-0.1, -0.05) is 103 Å². The largest absolute Gasteiger partial charge is 0.397 e.